The number of hydrogen-bond acceptors (Lipinski definition) is 5. The zero-order valence-electron chi connectivity index (χ0n) is 14.7. The van der Waals surface area contributed by atoms with Gasteiger partial charge in [0.2, 0.25) is 0 Å². The van der Waals surface area contributed by atoms with Crippen molar-refractivity contribution in [2.24, 2.45) is 5.92 Å². The third-order valence-corrected chi connectivity index (χ3v) is 4.96. The summed E-state index contributed by atoms with van der Waals surface area (Å²) in [7, 11) is 0. The number of anilines is 1. The lowest BCUT2D eigenvalue weighted by atomic mass is 9.96. The number of benzene rings is 2. The first-order chi connectivity index (χ1) is 13.3. The Morgan fingerprint density at radius 3 is 2.54 bits per heavy atom. The van der Waals surface area contributed by atoms with E-state index in [2.05, 4.69) is 43.8 Å². The standard InChI is InChI=1S/C19H18BrIN2O5/c1-11(2-9-17(25)23-27)18(15-10-13(21)5-8-16(15)24)28-19(26)22-14-6-3-12(20)4-7-14/h2-11,18,24,27H,1H3,(H,22,26)(H,23,25)/b9-2+/t11-,18-/m0/s1. The second-order valence-corrected chi connectivity index (χ2v) is 8.02. The highest BCUT2D eigenvalue weighted by Crippen LogP contribution is 2.34. The molecule has 0 aliphatic rings. The van der Waals surface area contributed by atoms with Crippen molar-refractivity contribution in [1.29, 1.82) is 0 Å². The molecular formula is C19H18BrIN2O5. The van der Waals surface area contributed by atoms with Gasteiger partial charge in [0.15, 0.2) is 0 Å². The number of carbonyl (C=O) groups excluding carboxylic acids is 2. The normalized spacial score (nSPS) is 13.0. The lowest BCUT2D eigenvalue weighted by Gasteiger charge is -2.23. The maximum Gasteiger partial charge on any atom is 0.412 e. The first-order valence-electron chi connectivity index (χ1n) is 8.14. The summed E-state index contributed by atoms with van der Waals surface area (Å²) >= 11 is 5.41. The van der Waals surface area contributed by atoms with Crippen molar-refractivity contribution in [3.8, 4) is 5.75 Å². The number of hydrogen-bond donors (Lipinski definition) is 4. The summed E-state index contributed by atoms with van der Waals surface area (Å²) in [5.74, 6) is -1.22. The molecule has 2 rings (SSSR count). The SMILES string of the molecule is C[C@@H](/C=C/C(=O)NO)[C@H](OC(=O)Nc1ccc(Br)cc1)c1cc(I)ccc1O. The fraction of sp³-hybridized carbons (Fsp3) is 0.158. The van der Waals surface area contributed by atoms with Crippen LogP contribution in [0, 0.1) is 9.49 Å². The van der Waals surface area contributed by atoms with Crippen LogP contribution in [-0.2, 0) is 9.53 Å². The minimum absolute atomic E-state index is 0.0336. The molecule has 0 unspecified atom stereocenters. The lowest BCUT2D eigenvalue weighted by Crippen LogP contribution is -2.22. The molecule has 0 aliphatic carbocycles. The van der Waals surface area contributed by atoms with Gasteiger partial charge in [-0.1, -0.05) is 28.9 Å². The Kier molecular flexibility index (Phi) is 8.27. The summed E-state index contributed by atoms with van der Waals surface area (Å²) in [4.78, 5) is 23.7. The topological polar surface area (TPSA) is 108 Å². The third-order valence-electron chi connectivity index (χ3n) is 3.76. The highest BCUT2D eigenvalue weighted by atomic mass is 127. The average Bonchev–Trinajstić information content (AvgIpc) is 2.67. The number of phenols is 1. The second kappa shape index (κ2) is 10.4. The molecule has 0 saturated carbocycles. The average molecular weight is 561 g/mol. The first-order valence-corrected chi connectivity index (χ1v) is 10.0. The molecular weight excluding hydrogens is 543 g/mol. The van der Waals surface area contributed by atoms with Crippen LogP contribution in [-0.4, -0.2) is 22.3 Å². The van der Waals surface area contributed by atoms with Gasteiger partial charge < -0.3 is 9.84 Å². The zero-order valence-corrected chi connectivity index (χ0v) is 18.5. The molecule has 7 nitrogen and oxygen atoms in total. The number of halogens is 2. The Morgan fingerprint density at radius 2 is 1.89 bits per heavy atom. The van der Waals surface area contributed by atoms with Gasteiger partial charge in [-0.3, -0.25) is 15.3 Å². The van der Waals surface area contributed by atoms with Gasteiger partial charge in [0.05, 0.1) is 0 Å². The molecule has 28 heavy (non-hydrogen) atoms. The van der Waals surface area contributed by atoms with Crippen LogP contribution >= 0.6 is 38.5 Å². The van der Waals surface area contributed by atoms with Gasteiger partial charge >= 0.3 is 6.09 Å². The minimum Gasteiger partial charge on any atom is -0.508 e. The molecule has 0 fully saturated rings. The molecule has 2 atom stereocenters. The van der Waals surface area contributed by atoms with Crippen LogP contribution in [0.3, 0.4) is 0 Å². The van der Waals surface area contributed by atoms with Crippen LogP contribution < -0.4 is 10.8 Å². The number of phenolic OH excluding ortho intramolecular Hbond substituents is 1. The van der Waals surface area contributed by atoms with E-state index in [0.29, 0.717) is 11.3 Å². The Hall–Kier alpha value is -2.11. The fourth-order valence-electron chi connectivity index (χ4n) is 2.38. The van der Waals surface area contributed by atoms with Crippen molar-refractivity contribution in [1.82, 2.24) is 5.48 Å². The Bertz CT molecular complexity index is 873. The highest BCUT2D eigenvalue weighted by molar-refractivity contribution is 14.1. The number of carbonyl (C=O) groups is 2. The van der Waals surface area contributed by atoms with Crippen LogP contribution in [0.4, 0.5) is 10.5 Å². The second-order valence-electron chi connectivity index (χ2n) is 5.86. The molecule has 4 N–H and O–H groups in total. The third kappa shape index (κ3) is 6.50. The number of ether oxygens (including phenoxy) is 1. The fourth-order valence-corrected chi connectivity index (χ4v) is 3.16. The van der Waals surface area contributed by atoms with E-state index in [-0.39, 0.29) is 5.75 Å². The van der Waals surface area contributed by atoms with Gasteiger partial charge in [-0.2, -0.15) is 0 Å². The van der Waals surface area contributed by atoms with Crippen molar-refractivity contribution < 1.29 is 24.6 Å². The van der Waals surface area contributed by atoms with Gasteiger partial charge in [-0.05, 0) is 65.1 Å². The van der Waals surface area contributed by atoms with Gasteiger partial charge in [0, 0.05) is 31.3 Å². The van der Waals surface area contributed by atoms with E-state index in [1.807, 2.05) is 0 Å². The van der Waals surface area contributed by atoms with E-state index in [9.17, 15) is 14.7 Å². The lowest BCUT2D eigenvalue weighted by molar-refractivity contribution is -0.124. The van der Waals surface area contributed by atoms with Crippen LogP contribution in [0.25, 0.3) is 0 Å². The number of rotatable bonds is 6. The van der Waals surface area contributed by atoms with E-state index in [0.717, 1.165) is 14.1 Å². The highest BCUT2D eigenvalue weighted by Gasteiger charge is 2.25. The molecule has 9 heteroatoms. The maximum absolute atomic E-state index is 12.4. The predicted octanol–water partition coefficient (Wildman–Crippen LogP) is 4.75. The number of nitrogens with one attached hydrogen (secondary N) is 2. The summed E-state index contributed by atoms with van der Waals surface area (Å²) in [6.45, 7) is 1.72. The number of amides is 2. The Morgan fingerprint density at radius 1 is 1.21 bits per heavy atom. The maximum atomic E-state index is 12.4. The van der Waals surface area contributed by atoms with Crippen molar-refractivity contribution in [3.05, 3.63) is 68.2 Å². The summed E-state index contributed by atoms with van der Waals surface area (Å²) in [5, 5.41) is 21.5. The molecule has 148 valence electrons. The van der Waals surface area contributed by atoms with E-state index < -0.39 is 24.0 Å². The summed E-state index contributed by atoms with van der Waals surface area (Å²) < 4.78 is 7.28. The van der Waals surface area contributed by atoms with Crippen LogP contribution in [0.15, 0.2) is 59.1 Å². The van der Waals surface area contributed by atoms with Gasteiger partial charge in [-0.15, -0.1) is 0 Å². The van der Waals surface area contributed by atoms with E-state index in [4.69, 9.17) is 9.94 Å². The monoisotopic (exact) mass is 560 g/mol. The summed E-state index contributed by atoms with van der Waals surface area (Å²) in [6.07, 6.45) is 1.02. The Labute approximate surface area is 184 Å². The minimum atomic E-state index is -0.868. The molecule has 0 aromatic heterocycles. The molecule has 2 aromatic rings. The summed E-state index contributed by atoms with van der Waals surface area (Å²) in [6, 6.07) is 11.9. The molecule has 0 bridgehead atoms. The summed E-state index contributed by atoms with van der Waals surface area (Å²) in [5.41, 5.74) is 2.44. The van der Waals surface area contributed by atoms with Crippen LogP contribution in [0.1, 0.15) is 18.6 Å². The van der Waals surface area contributed by atoms with Crippen molar-refractivity contribution in [3.63, 3.8) is 0 Å². The predicted molar refractivity (Wildman–Crippen MR) is 116 cm³/mol. The molecule has 0 aliphatic heterocycles. The van der Waals surface area contributed by atoms with Crippen LogP contribution in [0.2, 0.25) is 0 Å². The zero-order chi connectivity index (χ0) is 20.7. The smallest absolute Gasteiger partial charge is 0.412 e. The molecule has 0 radical (unpaired) electrons. The molecule has 0 spiro atoms. The molecule has 2 amide bonds. The van der Waals surface area contributed by atoms with Crippen molar-refractivity contribution in [2.45, 2.75) is 13.0 Å². The van der Waals surface area contributed by atoms with Gasteiger partial charge in [-0.25, -0.2) is 10.3 Å². The first kappa shape index (κ1) is 22.2. The molecule has 0 heterocycles. The van der Waals surface area contributed by atoms with Gasteiger partial charge in [0.25, 0.3) is 5.91 Å². The molecule has 0 saturated heterocycles. The van der Waals surface area contributed by atoms with Crippen LogP contribution in [0.5, 0.6) is 5.75 Å². The number of hydroxylamine groups is 1. The Balaban J connectivity index is 2.25. The largest absolute Gasteiger partial charge is 0.508 e. The van der Waals surface area contributed by atoms with Crippen molar-refractivity contribution in [2.75, 3.05) is 5.32 Å². The van der Waals surface area contributed by atoms with E-state index in [1.54, 1.807) is 43.3 Å². The quantitative estimate of drug-likeness (QED) is 0.176. The van der Waals surface area contributed by atoms with E-state index >= 15 is 0 Å². The van der Waals surface area contributed by atoms with Gasteiger partial charge in [0.1, 0.15) is 11.9 Å². The number of aromatic hydroxyl groups is 1. The molecule has 2 aromatic carbocycles. The van der Waals surface area contributed by atoms with Crippen molar-refractivity contribution >= 4 is 56.2 Å². The van der Waals surface area contributed by atoms with E-state index in [1.165, 1.54) is 17.6 Å².